The van der Waals surface area contributed by atoms with Crippen LogP contribution in [-0.2, 0) is 14.3 Å². The second kappa shape index (κ2) is 10.5. The summed E-state index contributed by atoms with van der Waals surface area (Å²) in [5.74, 6) is -0.626. The van der Waals surface area contributed by atoms with E-state index < -0.39 is 6.04 Å². The Morgan fingerprint density at radius 2 is 1.85 bits per heavy atom. The molecule has 0 aromatic heterocycles. The highest BCUT2D eigenvalue weighted by atomic mass is 35.5. The van der Waals surface area contributed by atoms with E-state index in [4.69, 9.17) is 40.2 Å². The summed E-state index contributed by atoms with van der Waals surface area (Å²) in [4.78, 5) is 31.8. The highest BCUT2D eigenvalue weighted by molar-refractivity contribution is 7.80. The normalized spacial score (nSPS) is 20.2. The number of hydrogen-bond donors (Lipinski definition) is 1. The van der Waals surface area contributed by atoms with E-state index in [-0.39, 0.29) is 24.3 Å². The van der Waals surface area contributed by atoms with E-state index in [1.54, 1.807) is 23.1 Å². The van der Waals surface area contributed by atoms with Gasteiger partial charge in [0.2, 0.25) is 5.91 Å². The lowest BCUT2D eigenvalue weighted by Crippen LogP contribution is -2.42. The van der Waals surface area contributed by atoms with Crippen LogP contribution in [0, 0.1) is 0 Å². The Kier molecular flexibility index (Phi) is 7.62. The first-order valence-corrected chi connectivity index (χ1v) is 12.2. The fourth-order valence-electron chi connectivity index (χ4n) is 4.17. The van der Waals surface area contributed by atoms with Crippen molar-refractivity contribution in [1.82, 2.24) is 4.90 Å². The van der Waals surface area contributed by atoms with E-state index in [0.717, 1.165) is 18.5 Å². The smallest absolute Gasteiger partial charge is 0.256 e. The largest absolute Gasteiger partial charge is 0.378 e. The van der Waals surface area contributed by atoms with Crippen LogP contribution in [0.15, 0.2) is 42.5 Å². The number of anilines is 3. The van der Waals surface area contributed by atoms with Crippen LogP contribution in [0.5, 0.6) is 0 Å². The summed E-state index contributed by atoms with van der Waals surface area (Å²) in [7, 11) is 3.90. The third-order valence-corrected chi connectivity index (χ3v) is 7.02. The van der Waals surface area contributed by atoms with Gasteiger partial charge in [0.1, 0.15) is 6.04 Å². The lowest BCUT2D eigenvalue weighted by molar-refractivity contribution is -0.124. The average molecular weight is 521 g/mol. The molecule has 0 spiro atoms. The predicted octanol–water partition coefficient (Wildman–Crippen LogP) is 4.57. The molecule has 2 amide bonds. The third kappa shape index (κ3) is 5.15. The first-order chi connectivity index (χ1) is 16.3. The molecule has 34 heavy (non-hydrogen) atoms. The molecule has 2 atom stereocenters. The summed E-state index contributed by atoms with van der Waals surface area (Å²) in [6, 6.07) is 11.8. The SMILES string of the molecule is CN(C)c1ccc(N2C(=O)[C@@H](CC(=O)Nc3c(Cl)cccc3Cl)N(C[C@H]3CCCO3)C2=S)cc1. The van der Waals surface area contributed by atoms with Crippen LogP contribution in [0.2, 0.25) is 10.0 Å². The van der Waals surface area contributed by atoms with Crippen molar-refractivity contribution in [3.63, 3.8) is 0 Å². The van der Waals surface area contributed by atoms with E-state index in [1.165, 1.54) is 4.90 Å². The van der Waals surface area contributed by atoms with Gasteiger partial charge >= 0.3 is 0 Å². The minimum Gasteiger partial charge on any atom is -0.378 e. The molecule has 0 aliphatic carbocycles. The minimum absolute atomic E-state index is 0.0367. The van der Waals surface area contributed by atoms with Crippen LogP contribution in [0.4, 0.5) is 17.1 Å². The zero-order valence-electron chi connectivity index (χ0n) is 19.0. The molecule has 1 N–H and O–H groups in total. The van der Waals surface area contributed by atoms with Gasteiger partial charge in [0.05, 0.1) is 33.9 Å². The molecule has 0 unspecified atom stereocenters. The molecule has 10 heteroatoms. The Hall–Kier alpha value is -2.39. The fourth-order valence-corrected chi connectivity index (χ4v) is 5.06. The highest BCUT2D eigenvalue weighted by Crippen LogP contribution is 2.32. The van der Waals surface area contributed by atoms with E-state index >= 15 is 0 Å². The Balaban J connectivity index is 1.58. The maximum absolute atomic E-state index is 13.6. The first kappa shape index (κ1) is 24.7. The zero-order valence-corrected chi connectivity index (χ0v) is 21.3. The van der Waals surface area contributed by atoms with Gasteiger partial charge in [0.25, 0.3) is 5.91 Å². The quantitative estimate of drug-likeness (QED) is 0.539. The van der Waals surface area contributed by atoms with E-state index in [9.17, 15) is 9.59 Å². The Bertz CT molecular complexity index is 1070. The van der Waals surface area contributed by atoms with Crippen molar-refractivity contribution < 1.29 is 14.3 Å². The van der Waals surface area contributed by atoms with Crippen molar-refractivity contribution in [3.05, 3.63) is 52.5 Å². The number of hydrogen-bond acceptors (Lipinski definition) is 5. The van der Waals surface area contributed by atoms with Gasteiger partial charge in [-0.1, -0.05) is 29.3 Å². The molecule has 0 saturated carbocycles. The van der Waals surface area contributed by atoms with Crippen LogP contribution in [0.1, 0.15) is 19.3 Å². The lowest BCUT2D eigenvalue weighted by atomic mass is 10.1. The number of carbonyl (C=O) groups is 2. The average Bonchev–Trinajstić information content (AvgIpc) is 3.39. The summed E-state index contributed by atoms with van der Waals surface area (Å²) in [5, 5.41) is 3.77. The third-order valence-electron chi connectivity index (χ3n) is 5.97. The number of nitrogens with one attached hydrogen (secondary N) is 1. The van der Waals surface area contributed by atoms with E-state index in [0.29, 0.717) is 39.7 Å². The number of carbonyl (C=O) groups excluding carboxylic acids is 2. The highest BCUT2D eigenvalue weighted by Gasteiger charge is 2.45. The summed E-state index contributed by atoms with van der Waals surface area (Å²) >= 11 is 18.1. The molecule has 2 aliphatic rings. The molecule has 2 aliphatic heterocycles. The summed E-state index contributed by atoms with van der Waals surface area (Å²) in [6.45, 7) is 1.13. The van der Waals surface area contributed by atoms with Gasteiger partial charge in [-0.3, -0.25) is 14.5 Å². The summed E-state index contributed by atoms with van der Waals surface area (Å²) < 4.78 is 5.79. The van der Waals surface area contributed by atoms with Gasteiger partial charge in [-0.15, -0.1) is 0 Å². The van der Waals surface area contributed by atoms with Crippen molar-refractivity contribution >= 4 is 69.4 Å². The standard InChI is InChI=1S/C24H26Cl2N4O3S/c1-28(2)15-8-10-16(11-9-15)30-23(32)20(29(24(30)34)14-17-5-4-12-33-17)13-21(31)27-22-18(25)6-3-7-19(22)26/h3,6-11,17,20H,4-5,12-14H2,1-2H3,(H,27,31)/t17-,20-/m1/s1. The van der Waals surface area contributed by atoms with E-state index in [2.05, 4.69) is 5.32 Å². The predicted molar refractivity (Wildman–Crippen MR) is 140 cm³/mol. The Morgan fingerprint density at radius 1 is 1.18 bits per heavy atom. The van der Waals surface area contributed by atoms with Crippen molar-refractivity contribution in [3.8, 4) is 0 Å². The molecular formula is C24H26Cl2N4O3S. The van der Waals surface area contributed by atoms with Gasteiger partial charge in [-0.05, 0) is 61.5 Å². The molecule has 2 saturated heterocycles. The number of ether oxygens (including phenoxy) is 1. The summed E-state index contributed by atoms with van der Waals surface area (Å²) in [6.07, 6.45) is 1.72. The first-order valence-electron chi connectivity index (χ1n) is 11.0. The number of para-hydroxylation sites is 1. The van der Waals surface area contributed by atoms with Crippen molar-refractivity contribution in [2.45, 2.75) is 31.4 Å². The van der Waals surface area contributed by atoms with Crippen LogP contribution >= 0.6 is 35.4 Å². The number of nitrogens with zero attached hydrogens (tertiary/aromatic N) is 3. The molecular weight excluding hydrogens is 495 g/mol. The van der Waals surface area contributed by atoms with Gasteiger partial charge in [-0.25, -0.2) is 0 Å². The van der Waals surface area contributed by atoms with Gasteiger partial charge in [0.15, 0.2) is 5.11 Å². The topological polar surface area (TPSA) is 65.1 Å². The summed E-state index contributed by atoms with van der Waals surface area (Å²) in [5.41, 5.74) is 1.99. The Labute approximate surface area is 214 Å². The molecule has 0 radical (unpaired) electrons. The zero-order chi connectivity index (χ0) is 24.4. The number of rotatable bonds is 7. The van der Waals surface area contributed by atoms with Gasteiger partial charge in [-0.2, -0.15) is 0 Å². The maximum Gasteiger partial charge on any atom is 0.256 e. The monoisotopic (exact) mass is 520 g/mol. The second-order valence-electron chi connectivity index (χ2n) is 8.52. The van der Waals surface area contributed by atoms with E-state index in [1.807, 2.05) is 43.3 Å². The molecule has 2 aromatic rings. The Morgan fingerprint density at radius 3 is 2.44 bits per heavy atom. The molecule has 0 bridgehead atoms. The van der Waals surface area contributed by atoms with Crippen LogP contribution in [-0.4, -0.2) is 61.2 Å². The molecule has 180 valence electrons. The number of benzene rings is 2. The number of thiocarbonyl (C=S) groups is 1. The number of halogens is 2. The van der Waals surface area contributed by atoms with Crippen LogP contribution in [0.25, 0.3) is 0 Å². The molecule has 2 heterocycles. The minimum atomic E-state index is -0.758. The van der Waals surface area contributed by atoms with Crippen molar-refractivity contribution in [2.24, 2.45) is 0 Å². The second-order valence-corrected chi connectivity index (χ2v) is 9.70. The lowest BCUT2D eigenvalue weighted by Gasteiger charge is -2.26. The number of amides is 2. The molecule has 2 aromatic carbocycles. The van der Waals surface area contributed by atoms with Gasteiger partial charge < -0.3 is 19.9 Å². The molecule has 2 fully saturated rings. The van der Waals surface area contributed by atoms with Crippen LogP contribution < -0.4 is 15.1 Å². The van der Waals surface area contributed by atoms with Gasteiger partial charge in [0, 0.05) is 32.9 Å². The molecule has 4 rings (SSSR count). The van der Waals surface area contributed by atoms with Crippen LogP contribution in [0.3, 0.4) is 0 Å². The molecule has 7 nitrogen and oxygen atoms in total. The fraction of sp³-hybridized carbons (Fsp3) is 0.375. The van der Waals surface area contributed by atoms with Crippen molar-refractivity contribution in [1.29, 1.82) is 0 Å². The maximum atomic E-state index is 13.6. The van der Waals surface area contributed by atoms with Crippen molar-refractivity contribution in [2.75, 3.05) is 42.4 Å².